The number of benzene rings is 1. The van der Waals surface area contributed by atoms with E-state index in [0.29, 0.717) is 29.6 Å². The van der Waals surface area contributed by atoms with Crippen molar-refractivity contribution >= 4 is 23.5 Å². The van der Waals surface area contributed by atoms with Crippen LogP contribution in [0.25, 0.3) is 11.4 Å². The van der Waals surface area contributed by atoms with Crippen molar-refractivity contribution in [3.05, 3.63) is 35.2 Å². The van der Waals surface area contributed by atoms with Gasteiger partial charge in [0.05, 0.1) is 5.92 Å². The molecule has 1 aromatic heterocycles. The molecule has 1 unspecified atom stereocenters. The summed E-state index contributed by atoms with van der Waals surface area (Å²) in [5.74, 6) is -0.809. The van der Waals surface area contributed by atoms with E-state index in [4.69, 9.17) is 21.2 Å². The Morgan fingerprint density at radius 2 is 2.04 bits per heavy atom. The lowest BCUT2D eigenvalue weighted by atomic mass is 10.2. The van der Waals surface area contributed by atoms with Crippen LogP contribution < -0.4 is 5.32 Å². The fourth-order valence-electron chi connectivity index (χ4n) is 1.92. The average Bonchev–Trinajstić information content (AvgIpc) is 3.02. The van der Waals surface area contributed by atoms with Gasteiger partial charge in [-0.2, -0.15) is 4.98 Å². The molecule has 1 atom stereocenters. The van der Waals surface area contributed by atoms with Crippen molar-refractivity contribution < 1.29 is 19.2 Å². The minimum atomic E-state index is -0.934. The standard InChI is InChI=1S/C16H18ClN3O4/c1-10(16(22)23)9-18-13(21)3-2-4-14-19-15(20-24-14)11-5-7-12(17)8-6-11/h5-8,10H,2-4,9H2,1H3,(H,18,21)(H,22,23). The van der Waals surface area contributed by atoms with E-state index in [1.54, 1.807) is 31.2 Å². The van der Waals surface area contributed by atoms with E-state index < -0.39 is 11.9 Å². The number of carboxylic acid groups (broad SMARTS) is 1. The van der Waals surface area contributed by atoms with Crippen LogP contribution in [0.3, 0.4) is 0 Å². The number of halogens is 1. The number of aryl methyl sites for hydroxylation is 1. The largest absolute Gasteiger partial charge is 0.481 e. The van der Waals surface area contributed by atoms with Gasteiger partial charge in [-0.1, -0.05) is 23.7 Å². The number of aliphatic carboxylic acids is 1. The number of nitrogens with zero attached hydrogens (tertiary/aromatic N) is 2. The van der Waals surface area contributed by atoms with Crippen molar-refractivity contribution in [3.8, 4) is 11.4 Å². The first kappa shape index (κ1) is 17.9. The topological polar surface area (TPSA) is 105 Å². The highest BCUT2D eigenvalue weighted by atomic mass is 35.5. The van der Waals surface area contributed by atoms with Gasteiger partial charge in [-0.15, -0.1) is 0 Å². The summed E-state index contributed by atoms with van der Waals surface area (Å²) in [6, 6.07) is 7.09. The van der Waals surface area contributed by atoms with Crippen molar-refractivity contribution in [2.45, 2.75) is 26.2 Å². The number of amides is 1. The Balaban J connectivity index is 1.76. The van der Waals surface area contributed by atoms with Crippen LogP contribution in [-0.2, 0) is 16.0 Å². The van der Waals surface area contributed by atoms with Crippen LogP contribution >= 0.6 is 11.6 Å². The second kappa shape index (κ2) is 8.44. The highest BCUT2D eigenvalue weighted by molar-refractivity contribution is 6.30. The van der Waals surface area contributed by atoms with Crippen LogP contribution in [-0.4, -0.2) is 33.7 Å². The molecular weight excluding hydrogens is 334 g/mol. The predicted octanol–water partition coefficient (Wildman–Crippen LogP) is 2.55. The molecule has 0 aliphatic heterocycles. The van der Waals surface area contributed by atoms with E-state index in [0.717, 1.165) is 5.56 Å². The first-order valence-electron chi connectivity index (χ1n) is 7.53. The highest BCUT2D eigenvalue weighted by Gasteiger charge is 2.13. The molecular formula is C16H18ClN3O4. The summed E-state index contributed by atoms with van der Waals surface area (Å²) < 4.78 is 5.16. The maximum Gasteiger partial charge on any atom is 0.308 e. The molecule has 0 saturated heterocycles. The molecule has 0 radical (unpaired) electrons. The summed E-state index contributed by atoms with van der Waals surface area (Å²) in [5.41, 5.74) is 0.801. The molecule has 2 N–H and O–H groups in total. The van der Waals surface area contributed by atoms with E-state index in [9.17, 15) is 9.59 Å². The Hall–Kier alpha value is -2.41. The van der Waals surface area contributed by atoms with E-state index in [-0.39, 0.29) is 18.9 Å². The summed E-state index contributed by atoms with van der Waals surface area (Å²) in [6.45, 7) is 1.66. The number of aromatic nitrogens is 2. The molecule has 0 bridgehead atoms. The molecule has 1 amide bonds. The molecule has 2 rings (SSSR count). The van der Waals surface area contributed by atoms with Crippen molar-refractivity contribution in [2.75, 3.05) is 6.54 Å². The van der Waals surface area contributed by atoms with Gasteiger partial charge >= 0.3 is 5.97 Å². The summed E-state index contributed by atoms with van der Waals surface area (Å²) in [4.78, 5) is 26.6. The van der Waals surface area contributed by atoms with Crippen LogP contribution in [0.1, 0.15) is 25.7 Å². The molecule has 0 fully saturated rings. The number of rotatable bonds is 8. The van der Waals surface area contributed by atoms with Crippen molar-refractivity contribution in [1.29, 1.82) is 0 Å². The van der Waals surface area contributed by atoms with Gasteiger partial charge in [0.2, 0.25) is 17.6 Å². The lowest BCUT2D eigenvalue weighted by molar-refractivity contribution is -0.141. The van der Waals surface area contributed by atoms with Crippen LogP contribution in [0.2, 0.25) is 5.02 Å². The lowest BCUT2D eigenvalue weighted by Gasteiger charge is -2.07. The molecule has 0 aliphatic rings. The molecule has 0 saturated carbocycles. The zero-order valence-corrected chi connectivity index (χ0v) is 13.9. The summed E-state index contributed by atoms with van der Waals surface area (Å²) >= 11 is 5.83. The summed E-state index contributed by atoms with van der Waals surface area (Å²) in [6.07, 6.45) is 1.28. The highest BCUT2D eigenvalue weighted by Crippen LogP contribution is 2.19. The van der Waals surface area contributed by atoms with Gasteiger partial charge < -0.3 is 14.9 Å². The molecule has 1 heterocycles. The average molecular weight is 352 g/mol. The molecule has 7 nitrogen and oxygen atoms in total. The van der Waals surface area contributed by atoms with Gasteiger partial charge in [-0.05, 0) is 30.7 Å². The van der Waals surface area contributed by atoms with Gasteiger partial charge in [0.1, 0.15) is 0 Å². The van der Waals surface area contributed by atoms with Crippen molar-refractivity contribution in [3.63, 3.8) is 0 Å². The van der Waals surface area contributed by atoms with Gasteiger partial charge in [0, 0.05) is 30.0 Å². The smallest absolute Gasteiger partial charge is 0.308 e. The Bertz CT molecular complexity index is 700. The Labute approximate surface area is 144 Å². The number of hydrogen-bond donors (Lipinski definition) is 2. The normalized spacial score (nSPS) is 11.9. The minimum absolute atomic E-state index is 0.120. The third-order valence-corrected chi connectivity index (χ3v) is 3.64. The number of hydrogen-bond acceptors (Lipinski definition) is 5. The molecule has 1 aromatic carbocycles. The number of nitrogens with one attached hydrogen (secondary N) is 1. The van der Waals surface area contributed by atoms with Gasteiger partial charge in [-0.25, -0.2) is 0 Å². The van der Waals surface area contributed by atoms with Crippen molar-refractivity contribution in [2.24, 2.45) is 5.92 Å². The second-order valence-corrected chi connectivity index (χ2v) is 5.85. The van der Waals surface area contributed by atoms with E-state index >= 15 is 0 Å². The molecule has 0 spiro atoms. The van der Waals surface area contributed by atoms with Crippen LogP contribution in [0.5, 0.6) is 0 Å². The SMILES string of the molecule is CC(CNC(=O)CCCc1nc(-c2ccc(Cl)cc2)no1)C(=O)O. The first-order chi connectivity index (χ1) is 11.5. The van der Waals surface area contributed by atoms with Gasteiger partial charge in [0.25, 0.3) is 0 Å². The maximum atomic E-state index is 11.6. The predicted molar refractivity (Wildman–Crippen MR) is 87.5 cm³/mol. The fourth-order valence-corrected chi connectivity index (χ4v) is 2.04. The molecule has 0 aliphatic carbocycles. The Morgan fingerprint density at radius 1 is 1.33 bits per heavy atom. The van der Waals surface area contributed by atoms with Crippen LogP contribution in [0.15, 0.2) is 28.8 Å². The van der Waals surface area contributed by atoms with Crippen LogP contribution in [0.4, 0.5) is 0 Å². The van der Waals surface area contributed by atoms with Crippen molar-refractivity contribution in [1.82, 2.24) is 15.5 Å². The molecule has 128 valence electrons. The second-order valence-electron chi connectivity index (χ2n) is 5.42. The lowest BCUT2D eigenvalue weighted by Crippen LogP contribution is -2.31. The molecule has 24 heavy (non-hydrogen) atoms. The number of carboxylic acids is 1. The number of carbonyl (C=O) groups excluding carboxylic acids is 1. The van der Waals surface area contributed by atoms with E-state index in [1.165, 1.54) is 0 Å². The summed E-state index contributed by atoms with van der Waals surface area (Å²) in [7, 11) is 0. The number of carbonyl (C=O) groups is 2. The summed E-state index contributed by atoms with van der Waals surface area (Å²) in [5, 5.41) is 15.9. The van der Waals surface area contributed by atoms with E-state index in [1.807, 2.05) is 0 Å². The molecule has 2 aromatic rings. The van der Waals surface area contributed by atoms with Gasteiger partial charge in [0.15, 0.2) is 0 Å². The zero-order chi connectivity index (χ0) is 17.5. The van der Waals surface area contributed by atoms with Crippen LogP contribution in [0, 0.1) is 5.92 Å². The fraction of sp³-hybridized carbons (Fsp3) is 0.375. The van der Waals surface area contributed by atoms with E-state index in [2.05, 4.69) is 15.5 Å². The Kier molecular flexibility index (Phi) is 6.31. The monoisotopic (exact) mass is 351 g/mol. The molecule has 8 heteroatoms. The minimum Gasteiger partial charge on any atom is -0.481 e. The third kappa shape index (κ3) is 5.34. The zero-order valence-electron chi connectivity index (χ0n) is 13.2. The third-order valence-electron chi connectivity index (χ3n) is 3.39. The quantitative estimate of drug-likeness (QED) is 0.757. The van der Waals surface area contributed by atoms with Gasteiger partial charge in [-0.3, -0.25) is 9.59 Å². The first-order valence-corrected chi connectivity index (χ1v) is 7.91. The Morgan fingerprint density at radius 3 is 2.71 bits per heavy atom. The maximum absolute atomic E-state index is 11.6.